The van der Waals surface area contributed by atoms with Crippen LogP contribution in [-0.2, 0) is 29.6 Å². The minimum Gasteiger partial charge on any atom is -0.461 e. The lowest BCUT2D eigenvalue weighted by atomic mass is 10.2. The maximum absolute atomic E-state index is 11.8. The Bertz CT molecular complexity index is 612. The van der Waals surface area contributed by atoms with Crippen molar-refractivity contribution in [2.24, 2.45) is 0 Å². The Kier molecular flexibility index (Phi) is 7.69. The standard InChI is InChI=1S/C12H24N2O6S2/c1-9(2)12(15)20-8-7-14(22(6,18)19)11(4)10(3)13-21(5,16)17/h10-11,13H,1,7-8H2,2-6H3. The monoisotopic (exact) mass is 356 g/mol. The van der Waals surface area contributed by atoms with Crippen molar-refractivity contribution in [1.82, 2.24) is 9.03 Å². The number of nitrogens with zero attached hydrogens (tertiary/aromatic N) is 1. The summed E-state index contributed by atoms with van der Waals surface area (Å²) in [4.78, 5) is 11.3. The molecular formula is C12H24N2O6S2. The number of sulfonamides is 2. The number of nitrogens with one attached hydrogen (secondary N) is 1. The van der Waals surface area contributed by atoms with Gasteiger partial charge in [-0.15, -0.1) is 0 Å². The van der Waals surface area contributed by atoms with Gasteiger partial charge >= 0.3 is 5.97 Å². The van der Waals surface area contributed by atoms with Gasteiger partial charge in [-0.1, -0.05) is 6.58 Å². The minimum atomic E-state index is -3.60. The molecule has 0 heterocycles. The Morgan fingerprint density at radius 1 is 1.23 bits per heavy atom. The van der Waals surface area contributed by atoms with Crippen molar-refractivity contribution in [3.8, 4) is 0 Å². The first-order valence-corrected chi connectivity index (χ1v) is 10.3. The van der Waals surface area contributed by atoms with Crippen LogP contribution in [-0.4, -0.2) is 64.9 Å². The fourth-order valence-electron chi connectivity index (χ4n) is 1.71. The maximum Gasteiger partial charge on any atom is 0.333 e. The molecule has 0 aliphatic heterocycles. The van der Waals surface area contributed by atoms with Crippen LogP contribution in [0.2, 0.25) is 0 Å². The van der Waals surface area contributed by atoms with Gasteiger partial charge in [0, 0.05) is 24.2 Å². The molecule has 0 saturated heterocycles. The SMILES string of the molecule is C=C(C)C(=O)OCCN(C(C)C(C)NS(C)(=O)=O)S(C)(=O)=O. The summed E-state index contributed by atoms with van der Waals surface area (Å²) in [6, 6.07) is -1.28. The predicted octanol–water partition coefficient (Wildman–Crippen LogP) is -0.306. The van der Waals surface area contributed by atoms with Crippen LogP contribution in [0, 0.1) is 0 Å². The highest BCUT2D eigenvalue weighted by Gasteiger charge is 2.29. The van der Waals surface area contributed by atoms with Gasteiger partial charge in [0.25, 0.3) is 0 Å². The molecule has 0 spiro atoms. The zero-order valence-corrected chi connectivity index (χ0v) is 15.1. The molecule has 0 fully saturated rings. The van der Waals surface area contributed by atoms with Crippen LogP contribution in [0.25, 0.3) is 0 Å². The Balaban J connectivity index is 4.93. The first kappa shape index (κ1) is 21.0. The van der Waals surface area contributed by atoms with Gasteiger partial charge < -0.3 is 4.74 Å². The van der Waals surface area contributed by atoms with E-state index in [1.165, 1.54) is 6.92 Å². The van der Waals surface area contributed by atoms with Crippen molar-refractivity contribution in [3.63, 3.8) is 0 Å². The number of hydrogen-bond acceptors (Lipinski definition) is 6. The molecule has 0 aromatic heterocycles. The molecule has 0 rings (SSSR count). The molecule has 1 N–H and O–H groups in total. The average molecular weight is 356 g/mol. The van der Waals surface area contributed by atoms with Crippen LogP contribution >= 0.6 is 0 Å². The summed E-state index contributed by atoms with van der Waals surface area (Å²) in [7, 11) is -7.06. The van der Waals surface area contributed by atoms with Gasteiger partial charge in [0.1, 0.15) is 6.61 Å². The number of carbonyl (C=O) groups excluding carboxylic acids is 1. The van der Waals surface area contributed by atoms with Crippen molar-refractivity contribution in [1.29, 1.82) is 0 Å². The minimum absolute atomic E-state index is 0.0746. The summed E-state index contributed by atoms with van der Waals surface area (Å²) < 4.78 is 54.5. The molecule has 0 aliphatic rings. The molecule has 22 heavy (non-hydrogen) atoms. The van der Waals surface area contributed by atoms with E-state index in [0.29, 0.717) is 0 Å². The van der Waals surface area contributed by atoms with E-state index in [4.69, 9.17) is 4.74 Å². The second-order valence-electron chi connectivity index (χ2n) is 5.21. The first-order valence-electron chi connectivity index (χ1n) is 6.52. The van der Waals surface area contributed by atoms with Crippen molar-refractivity contribution < 1.29 is 26.4 Å². The van der Waals surface area contributed by atoms with Gasteiger partial charge in [0.2, 0.25) is 20.0 Å². The topological polar surface area (TPSA) is 110 Å². The third-order valence-electron chi connectivity index (χ3n) is 2.90. The lowest BCUT2D eigenvalue weighted by Crippen LogP contribution is -2.51. The van der Waals surface area contributed by atoms with Gasteiger partial charge in [-0.3, -0.25) is 0 Å². The summed E-state index contributed by atoms with van der Waals surface area (Å²) in [6.45, 7) is 7.82. The van der Waals surface area contributed by atoms with Crippen LogP contribution < -0.4 is 4.72 Å². The molecule has 0 radical (unpaired) electrons. The molecule has 2 atom stereocenters. The number of carbonyl (C=O) groups is 1. The normalized spacial score (nSPS) is 15.4. The Morgan fingerprint density at radius 2 is 1.73 bits per heavy atom. The third kappa shape index (κ3) is 7.87. The first-order chi connectivity index (χ1) is 9.75. The lowest BCUT2D eigenvalue weighted by molar-refractivity contribution is -0.139. The maximum atomic E-state index is 11.8. The number of rotatable bonds is 9. The molecule has 0 saturated carbocycles. The highest BCUT2D eigenvalue weighted by atomic mass is 32.2. The van der Waals surface area contributed by atoms with Crippen LogP contribution in [0.3, 0.4) is 0 Å². The van der Waals surface area contributed by atoms with Crippen molar-refractivity contribution in [2.45, 2.75) is 32.9 Å². The van der Waals surface area contributed by atoms with E-state index in [1.54, 1.807) is 13.8 Å². The van der Waals surface area contributed by atoms with Gasteiger partial charge in [0.05, 0.1) is 12.5 Å². The van der Waals surface area contributed by atoms with Gasteiger partial charge in [-0.05, 0) is 20.8 Å². The van der Waals surface area contributed by atoms with Crippen LogP contribution in [0.15, 0.2) is 12.2 Å². The smallest absolute Gasteiger partial charge is 0.333 e. The van der Waals surface area contributed by atoms with E-state index in [1.807, 2.05) is 0 Å². The summed E-state index contributed by atoms with van der Waals surface area (Å²) >= 11 is 0. The molecule has 0 aromatic rings. The number of ether oxygens (including phenoxy) is 1. The molecule has 0 aromatic carbocycles. The van der Waals surface area contributed by atoms with Crippen LogP contribution in [0.5, 0.6) is 0 Å². The van der Waals surface area contributed by atoms with E-state index in [-0.39, 0.29) is 18.7 Å². The summed E-state index contributed by atoms with van der Waals surface area (Å²) in [5.41, 5.74) is 0.214. The third-order valence-corrected chi connectivity index (χ3v) is 5.06. The number of esters is 1. The van der Waals surface area contributed by atoms with E-state index in [9.17, 15) is 21.6 Å². The van der Waals surface area contributed by atoms with Crippen molar-refractivity contribution >= 4 is 26.0 Å². The van der Waals surface area contributed by atoms with E-state index in [2.05, 4.69) is 11.3 Å². The second-order valence-corrected chi connectivity index (χ2v) is 8.92. The second kappa shape index (κ2) is 8.04. The molecule has 0 amide bonds. The summed E-state index contributed by atoms with van der Waals surface area (Å²) in [5.74, 6) is -0.608. The summed E-state index contributed by atoms with van der Waals surface area (Å²) in [6.07, 6.45) is 2.01. The zero-order chi connectivity index (χ0) is 17.7. The molecule has 8 nitrogen and oxygen atoms in total. The quantitative estimate of drug-likeness (QED) is 0.448. The molecule has 0 aliphatic carbocycles. The fourth-order valence-corrected chi connectivity index (χ4v) is 3.77. The van der Waals surface area contributed by atoms with Crippen LogP contribution in [0.1, 0.15) is 20.8 Å². The lowest BCUT2D eigenvalue weighted by Gasteiger charge is -2.31. The Morgan fingerprint density at radius 3 is 2.09 bits per heavy atom. The predicted molar refractivity (Wildman–Crippen MR) is 84.2 cm³/mol. The van der Waals surface area contributed by atoms with Gasteiger partial charge in [-0.25, -0.2) is 26.4 Å². The molecule has 10 heteroatoms. The highest BCUT2D eigenvalue weighted by molar-refractivity contribution is 7.89. The fraction of sp³-hybridized carbons (Fsp3) is 0.750. The van der Waals surface area contributed by atoms with Gasteiger partial charge in [0.15, 0.2) is 0 Å². The Hall–Kier alpha value is -0.970. The molecular weight excluding hydrogens is 332 g/mol. The van der Waals surface area contributed by atoms with Crippen molar-refractivity contribution in [2.75, 3.05) is 25.7 Å². The van der Waals surface area contributed by atoms with Crippen molar-refractivity contribution in [3.05, 3.63) is 12.2 Å². The summed E-state index contributed by atoms with van der Waals surface area (Å²) in [5, 5.41) is 0. The van der Waals surface area contributed by atoms with E-state index >= 15 is 0 Å². The number of hydrogen-bond donors (Lipinski definition) is 1. The van der Waals surface area contributed by atoms with Crippen LogP contribution in [0.4, 0.5) is 0 Å². The average Bonchev–Trinajstić information content (AvgIpc) is 2.29. The largest absolute Gasteiger partial charge is 0.461 e. The van der Waals surface area contributed by atoms with Gasteiger partial charge in [-0.2, -0.15) is 4.31 Å². The highest BCUT2D eigenvalue weighted by Crippen LogP contribution is 2.10. The Labute approximate surface area is 132 Å². The molecule has 2 unspecified atom stereocenters. The van der Waals surface area contributed by atoms with E-state index in [0.717, 1.165) is 16.8 Å². The zero-order valence-electron chi connectivity index (χ0n) is 13.5. The van der Waals surface area contributed by atoms with E-state index < -0.39 is 38.1 Å². The molecule has 130 valence electrons. The molecule has 0 bridgehead atoms.